The number of hydrogen-bond acceptors (Lipinski definition) is 20. The van der Waals surface area contributed by atoms with Crippen molar-refractivity contribution >= 4 is 87.4 Å². The molecule has 564 valence electrons. The van der Waals surface area contributed by atoms with Crippen molar-refractivity contribution in [1.82, 2.24) is 65.5 Å². The van der Waals surface area contributed by atoms with Gasteiger partial charge >= 0.3 is 35.8 Å². The Labute approximate surface area is 600 Å². The highest BCUT2D eigenvalue weighted by Gasteiger charge is 2.36. The lowest BCUT2D eigenvalue weighted by Gasteiger charge is -2.33. The predicted molar refractivity (Wildman–Crippen MR) is 373 cm³/mol. The molecule has 0 bridgehead atoms. The maximum atomic E-state index is 15.1. The fourth-order valence-electron chi connectivity index (χ4n) is 13.5. The molecule has 7 rings (SSSR count). The van der Waals surface area contributed by atoms with Crippen molar-refractivity contribution in [2.45, 2.75) is 134 Å². The molecule has 1 aliphatic heterocycles. The summed E-state index contributed by atoms with van der Waals surface area (Å²) in [6.45, 7) is 1.33. The van der Waals surface area contributed by atoms with E-state index in [1.807, 2.05) is 47.4 Å². The molecule has 32 heteroatoms. The average molecular weight is 1450 g/mol. The third-order valence-electron chi connectivity index (χ3n) is 19.4. The number of aliphatic carboxylic acids is 6. The van der Waals surface area contributed by atoms with E-state index in [-0.39, 0.29) is 166 Å². The zero-order valence-electron chi connectivity index (χ0n) is 58.4. The van der Waals surface area contributed by atoms with Gasteiger partial charge in [0.05, 0.1) is 75.0 Å². The molecule has 2 fully saturated rings. The molecule has 6 unspecified atom stereocenters. The number of aromatic nitrogens is 6. The average Bonchev–Trinajstić information content (AvgIpc) is 0.839. The highest BCUT2D eigenvalue weighted by atomic mass is 16.4. The molecule has 32 nitrogen and oxygen atoms in total. The number of imidazole rings is 3. The van der Waals surface area contributed by atoms with Crippen molar-refractivity contribution in [2.24, 2.45) is 35.5 Å². The van der Waals surface area contributed by atoms with Gasteiger partial charge in [-0.2, -0.15) is 0 Å². The maximum absolute atomic E-state index is 15.1. The lowest BCUT2D eigenvalue weighted by Crippen LogP contribution is -2.50. The van der Waals surface area contributed by atoms with Crippen molar-refractivity contribution in [2.75, 3.05) is 85.1 Å². The molecular weight excluding hydrogens is 1350 g/mol. The first-order valence-corrected chi connectivity index (χ1v) is 35.4. The Bertz CT molecular complexity index is 3640. The molecular formula is C72H97N13O19. The van der Waals surface area contributed by atoms with Crippen molar-refractivity contribution in [3.8, 4) is 0 Å². The van der Waals surface area contributed by atoms with E-state index >= 15 is 9.59 Å². The molecule has 2 aliphatic rings. The molecule has 3 aromatic heterocycles. The summed E-state index contributed by atoms with van der Waals surface area (Å²) in [6.07, 6.45) is 9.41. The van der Waals surface area contributed by atoms with Gasteiger partial charge in [0.15, 0.2) is 11.6 Å². The van der Waals surface area contributed by atoms with E-state index in [0.29, 0.717) is 55.7 Å². The largest absolute Gasteiger partial charge is 0.481 e. The van der Waals surface area contributed by atoms with Crippen LogP contribution in [0, 0.1) is 35.5 Å². The molecule has 2 aromatic carbocycles. The summed E-state index contributed by atoms with van der Waals surface area (Å²) in [7, 11) is 0. The molecule has 4 heterocycles. The highest BCUT2D eigenvalue weighted by molar-refractivity contribution is 5.96. The number of rotatable bonds is 44. The Morgan fingerprint density at radius 2 is 0.933 bits per heavy atom. The minimum absolute atomic E-state index is 0.0139. The summed E-state index contributed by atoms with van der Waals surface area (Å²) in [5, 5.41) is 68.1. The number of nitrogens with one attached hydrogen (secondary N) is 6. The fraction of sp³-hybridized carbons (Fsp3) is 0.556. The lowest BCUT2D eigenvalue weighted by atomic mass is 9.77. The van der Waals surface area contributed by atoms with Crippen LogP contribution in [0.3, 0.4) is 0 Å². The van der Waals surface area contributed by atoms with Crippen molar-refractivity contribution in [3.63, 3.8) is 0 Å². The van der Waals surface area contributed by atoms with Gasteiger partial charge in [0.1, 0.15) is 11.6 Å². The monoisotopic (exact) mass is 1450 g/mol. The van der Waals surface area contributed by atoms with Crippen LogP contribution < -0.4 is 16.0 Å². The van der Waals surface area contributed by atoms with Crippen LogP contribution in [0.1, 0.15) is 119 Å². The highest BCUT2D eigenvalue weighted by Crippen LogP contribution is 2.32. The number of carbonyl (C=O) groups excluding carboxylic acids is 7. The molecule has 1 saturated carbocycles. The van der Waals surface area contributed by atoms with E-state index in [9.17, 15) is 78.3 Å². The van der Waals surface area contributed by atoms with Gasteiger partial charge in [-0.05, 0) is 73.6 Å². The number of unbranched alkanes of at least 4 members (excludes halogenated alkanes) is 2. The first kappa shape index (κ1) is 81.4. The number of amides is 3. The molecule has 0 radical (unpaired) electrons. The molecule has 104 heavy (non-hydrogen) atoms. The normalized spacial score (nSPS) is 17.7. The van der Waals surface area contributed by atoms with E-state index in [2.05, 4.69) is 45.9 Å². The van der Waals surface area contributed by atoms with Gasteiger partial charge in [-0.1, -0.05) is 55.3 Å². The number of nitrogens with zero attached hydrogens (tertiary/aromatic N) is 7. The standard InChI is InChI=1S/C72H97N13O19/c86-58(30-52(72(103)104)16-17-65(91)92)29-51(71(101)102)8-2-1-3-9-61(87)59(33-56-37-74-44-78-56)80-70(100)54(28-55-36-73-43-77-55)32-63(89)60(34-57-38-75-45-79-57)81-69(99)53(27-47-12-13-48-6-4-5-7-50(48)26-47)31-62(88)49-14-10-46(11-15-49)35-76-64(90)39-82-18-20-83(40-66(93)94)22-24-85(42-68(97)98)25-23-84(21-19-82)41-67(95)96/h4-7,12-13,26,36-38,43-46,49,51-54,59-60H,1-3,8-11,14-25,27-35,39-42H2,(H,73,77)(H,74,78)(H,75,79)(H,76,90)(H,80,100)(H,81,99)(H,91,92)(H,93,94)(H,95,96)(H,97,98)(H,101,102)(H,103,104). The van der Waals surface area contributed by atoms with Gasteiger partial charge in [-0.25, -0.2) is 15.0 Å². The third kappa shape index (κ3) is 28.7. The topological polar surface area (TPSA) is 478 Å². The summed E-state index contributed by atoms with van der Waals surface area (Å²) in [5.74, 6) is -15.2. The van der Waals surface area contributed by atoms with Crippen molar-refractivity contribution in [3.05, 3.63) is 103 Å². The van der Waals surface area contributed by atoms with Gasteiger partial charge < -0.3 is 61.5 Å². The fourth-order valence-corrected chi connectivity index (χ4v) is 13.5. The zero-order chi connectivity index (χ0) is 75.1. The van der Waals surface area contributed by atoms with Gasteiger partial charge in [-0.15, -0.1) is 0 Å². The van der Waals surface area contributed by atoms with E-state index < -0.39 is 127 Å². The third-order valence-corrected chi connectivity index (χ3v) is 19.4. The molecule has 0 spiro atoms. The second-order valence-electron chi connectivity index (χ2n) is 27.4. The van der Waals surface area contributed by atoms with Gasteiger partial charge in [0.2, 0.25) is 17.7 Å². The van der Waals surface area contributed by atoms with Crippen molar-refractivity contribution in [1.29, 1.82) is 0 Å². The number of carboxylic acid groups (broad SMARTS) is 6. The second-order valence-corrected chi connectivity index (χ2v) is 27.4. The summed E-state index contributed by atoms with van der Waals surface area (Å²) in [5.41, 5.74) is 2.26. The minimum Gasteiger partial charge on any atom is -0.481 e. The number of carbonyl (C=O) groups is 13. The molecule has 1 saturated heterocycles. The number of ketones is 4. The number of benzene rings is 2. The van der Waals surface area contributed by atoms with Crippen LogP contribution >= 0.6 is 0 Å². The first-order chi connectivity index (χ1) is 49.8. The van der Waals surface area contributed by atoms with E-state index in [1.54, 1.807) is 14.7 Å². The molecule has 6 atom stereocenters. The molecule has 12 N–H and O–H groups in total. The number of aromatic amines is 3. The number of H-pyrrole nitrogens is 3. The Hall–Kier alpha value is -9.92. The summed E-state index contributed by atoms with van der Waals surface area (Å²) >= 11 is 0. The van der Waals surface area contributed by atoms with Crippen LogP contribution in [-0.4, -0.2) is 254 Å². The molecule has 3 amide bonds. The minimum atomic E-state index is -1.36. The Morgan fingerprint density at radius 3 is 1.41 bits per heavy atom. The van der Waals surface area contributed by atoms with Gasteiger partial charge in [0.25, 0.3) is 0 Å². The quantitative estimate of drug-likeness (QED) is 0.0249. The van der Waals surface area contributed by atoms with E-state index in [4.69, 9.17) is 5.11 Å². The second kappa shape index (κ2) is 42.0. The van der Waals surface area contributed by atoms with Gasteiger partial charge in [-0.3, -0.25) is 81.9 Å². The number of Topliss-reactive ketones (excluding diaryl/α,β-unsaturated/α-hetero) is 4. The Balaban J connectivity index is 0.996. The van der Waals surface area contributed by atoms with Crippen LogP contribution in [0.4, 0.5) is 0 Å². The van der Waals surface area contributed by atoms with Crippen LogP contribution in [0.15, 0.2) is 80.0 Å². The van der Waals surface area contributed by atoms with E-state index in [1.165, 1.54) is 37.6 Å². The SMILES string of the molecule is O=C(O)CCC(CC(=O)CC(CCCCCC(=O)C(Cc1cnc[nH]1)NC(=O)C(CC(=O)C(Cc1cnc[nH]1)NC(=O)C(CC(=O)C1CCC(CNC(=O)CN2CCN(CC(=O)O)CCN(CC(=O)O)CCN(CC(=O)O)CC2)CC1)Cc1ccc2ccccc2c1)Cc1cnc[nH]1)C(=O)O)C(=O)O. The van der Waals surface area contributed by atoms with E-state index in [0.717, 1.165) is 16.3 Å². The van der Waals surface area contributed by atoms with Crippen molar-refractivity contribution < 1.29 is 93.0 Å². The molecule has 5 aromatic rings. The van der Waals surface area contributed by atoms with Crippen LogP contribution in [0.25, 0.3) is 10.8 Å². The summed E-state index contributed by atoms with van der Waals surface area (Å²) in [6, 6.07) is 11.1. The van der Waals surface area contributed by atoms with Crippen LogP contribution in [0.5, 0.6) is 0 Å². The maximum Gasteiger partial charge on any atom is 0.317 e. The van der Waals surface area contributed by atoms with Crippen LogP contribution in [-0.2, 0) is 88.0 Å². The Kier molecular flexibility index (Phi) is 32.9. The lowest BCUT2D eigenvalue weighted by molar-refractivity contribution is -0.146. The number of hydrogen-bond donors (Lipinski definition) is 12. The van der Waals surface area contributed by atoms with Crippen LogP contribution in [0.2, 0.25) is 0 Å². The summed E-state index contributed by atoms with van der Waals surface area (Å²) < 4.78 is 0. The number of carboxylic acids is 6. The number of fused-ring (bicyclic) bond motifs is 1. The Morgan fingerprint density at radius 1 is 0.462 bits per heavy atom. The smallest absolute Gasteiger partial charge is 0.317 e. The first-order valence-electron chi connectivity index (χ1n) is 35.4. The molecule has 1 aliphatic carbocycles. The predicted octanol–water partition coefficient (Wildman–Crippen LogP) is 2.93. The summed E-state index contributed by atoms with van der Waals surface area (Å²) in [4.78, 5) is 198. The van der Waals surface area contributed by atoms with Gasteiger partial charge in [0, 0.05) is 164 Å². The zero-order valence-corrected chi connectivity index (χ0v) is 58.4.